The molecule has 1 saturated heterocycles. The van der Waals surface area contributed by atoms with Crippen molar-refractivity contribution in [1.29, 1.82) is 5.26 Å². The maximum absolute atomic E-state index is 12.0. The highest BCUT2D eigenvalue weighted by molar-refractivity contribution is 5.84. The summed E-state index contributed by atoms with van der Waals surface area (Å²) in [6, 6.07) is -1.10. The number of nitrogens with zero attached hydrogens (tertiary/aromatic N) is 3. The van der Waals surface area contributed by atoms with Gasteiger partial charge in [-0.3, -0.25) is 10.1 Å². The zero-order valence-electron chi connectivity index (χ0n) is 16.8. The lowest BCUT2D eigenvalue weighted by molar-refractivity contribution is -0.145. The first-order valence-corrected chi connectivity index (χ1v) is 8.74. The number of amides is 1. The Hall–Kier alpha value is -3.03. The van der Waals surface area contributed by atoms with E-state index in [-0.39, 0.29) is 24.6 Å². The number of methoxy groups -OCH3 is 1. The lowest BCUT2D eigenvalue weighted by Gasteiger charge is -2.23. The zero-order valence-corrected chi connectivity index (χ0v) is 16.8. The lowest BCUT2D eigenvalue weighted by atomic mass is 10.2. The minimum absolute atomic E-state index is 0.176. The first-order chi connectivity index (χ1) is 13.1. The van der Waals surface area contributed by atoms with Gasteiger partial charge in [0.1, 0.15) is 17.7 Å². The second-order valence-corrected chi connectivity index (χ2v) is 7.09. The van der Waals surface area contributed by atoms with E-state index in [1.807, 2.05) is 0 Å². The molecule has 1 aliphatic heterocycles. The molecule has 1 fully saturated rings. The third-order valence-corrected chi connectivity index (χ3v) is 3.55. The molecule has 1 aliphatic rings. The molecule has 1 rings (SSSR count). The summed E-state index contributed by atoms with van der Waals surface area (Å²) < 4.78 is 15.0. The van der Waals surface area contributed by atoms with Gasteiger partial charge in [-0.1, -0.05) is 0 Å². The number of esters is 2. The fourth-order valence-corrected chi connectivity index (χ4v) is 2.47. The van der Waals surface area contributed by atoms with Crippen molar-refractivity contribution in [2.75, 3.05) is 26.7 Å². The van der Waals surface area contributed by atoms with Crippen molar-refractivity contribution >= 4 is 24.0 Å². The third kappa shape index (κ3) is 8.11. The molecule has 2 atom stereocenters. The van der Waals surface area contributed by atoms with Crippen LogP contribution in [-0.4, -0.2) is 73.4 Å². The van der Waals surface area contributed by atoms with E-state index in [0.717, 1.165) is 0 Å². The zero-order chi connectivity index (χ0) is 21.3. The third-order valence-electron chi connectivity index (χ3n) is 3.55. The van der Waals surface area contributed by atoms with Gasteiger partial charge in [-0.25, -0.2) is 14.6 Å². The van der Waals surface area contributed by atoms with Crippen LogP contribution in [0.1, 0.15) is 34.1 Å². The molecule has 0 spiro atoms. The number of hydrogen-bond acceptors (Lipinski definition) is 8. The van der Waals surface area contributed by atoms with E-state index in [4.69, 9.17) is 14.7 Å². The number of nitriles is 1. The molecule has 11 nitrogen and oxygen atoms in total. The number of rotatable bonds is 5. The van der Waals surface area contributed by atoms with Crippen LogP contribution in [0.25, 0.3) is 0 Å². The molecule has 0 aromatic heterocycles. The van der Waals surface area contributed by atoms with Gasteiger partial charge in [0.2, 0.25) is 5.96 Å². The Kier molecular flexibility index (Phi) is 8.50. The summed E-state index contributed by atoms with van der Waals surface area (Å²) in [6.07, 6.45) is 1.27. The van der Waals surface area contributed by atoms with Crippen LogP contribution in [0.4, 0.5) is 4.79 Å². The number of alkyl carbamates (subject to hydrolysis) is 1. The predicted octanol–water partition coefficient (Wildman–Crippen LogP) is 0.117. The largest absolute Gasteiger partial charge is 0.467 e. The topological polar surface area (TPSA) is 142 Å². The minimum Gasteiger partial charge on any atom is -0.467 e. The SMILES string of the molecule is COC(=O)[C@H](CN=C(NC#N)N1CC[C@H](OC(C)=O)C1)NC(=O)OC(C)(C)C. The number of aliphatic imine (C=N–C) groups is 1. The summed E-state index contributed by atoms with van der Waals surface area (Å²) in [7, 11) is 1.19. The monoisotopic (exact) mass is 397 g/mol. The molecule has 1 amide bonds. The molecule has 0 saturated carbocycles. The second-order valence-electron chi connectivity index (χ2n) is 7.09. The molecule has 0 aromatic carbocycles. The number of hydrogen-bond donors (Lipinski definition) is 2. The van der Waals surface area contributed by atoms with Gasteiger partial charge in [-0.15, -0.1) is 0 Å². The summed E-state index contributed by atoms with van der Waals surface area (Å²) in [5, 5.41) is 13.8. The highest BCUT2D eigenvalue weighted by atomic mass is 16.6. The summed E-state index contributed by atoms with van der Waals surface area (Å²) >= 11 is 0. The Labute approximate surface area is 164 Å². The molecule has 2 N–H and O–H groups in total. The molecule has 28 heavy (non-hydrogen) atoms. The van der Waals surface area contributed by atoms with Crippen LogP contribution in [0.15, 0.2) is 4.99 Å². The van der Waals surface area contributed by atoms with Crippen molar-refractivity contribution in [3.63, 3.8) is 0 Å². The van der Waals surface area contributed by atoms with Crippen LogP contribution in [0, 0.1) is 11.5 Å². The van der Waals surface area contributed by atoms with E-state index in [2.05, 4.69) is 20.4 Å². The van der Waals surface area contributed by atoms with E-state index < -0.39 is 23.7 Å². The van der Waals surface area contributed by atoms with Crippen molar-refractivity contribution in [1.82, 2.24) is 15.5 Å². The predicted molar refractivity (Wildman–Crippen MR) is 98.0 cm³/mol. The van der Waals surface area contributed by atoms with E-state index in [1.165, 1.54) is 14.0 Å². The van der Waals surface area contributed by atoms with Crippen molar-refractivity contribution in [2.45, 2.75) is 51.9 Å². The Bertz CT molecular complexity index is 651. The molecule has 156 valence electrons. The highest BCUT2D eigenvalue weighted by Gasteiger charge is 2.29. The fraction of sp³-hybridized carbons (Fsp3) is 0.706. The fourth-order valence-electron chi connectivity index (χ4n) is 2.47. The maximum Gasteiger partial charge on any atom is 0.408 e. The molecular formula is C17H27N5O6. The van der Waals surface area contributed by atoms with Crippen molar-refractivity contribution in [3.8, 4) is 6.19 Å². The number of nitrogens with one attached hydrogen (secondary N) is 2. The Morgan fingerprint density at radius 2 is 2.04 bits per heavy atom. The summed E-state index contributed by atoms with van der Waals surface area (Å²) in [5.74, 6) is -0.881. The van der Waals surface area contributed by atoms with Gasteiger partial charge in [-0.05, 0) is 20.8 Å². The minimum atomic E-state index is -1.10. The van der Waals surface area contributed by atoms with Crippen LogP contribution >= 0.6 is 0 Å². The second kappa shape index (κ2) is 10.3. The van der Waals surface area contributed by atoms with Gasteiger partial charge < -0.3 is 24.4 Å². The van der Waals surface area contributed by atoms with E-state index in [9.17, 15) is 14.4 Å². The molecule has 1 heterocycles. The van der Waals surface area contributed by atoms with Crippen LogP contribution < -0.4 is 10.6 Å². The van der Waals surface area contributed by atoms with E-state index in [1.54, 1.807) is 31.9 Å². The molecule has 0 aliphatic carbocycles. The quantitative estimate of drug-likeness (QED) is 0.165. The molecule has 0 bridgehead atoms. The van der Waals surface area contributed by atoms with Gasteiger partial charge in [0.05, 0.1) is 20.2 Å². The lowest BCUT2D eigenvalue weighted by Crippen LogP contribution is -2.47. The first kappa shape index (κ1) is 23.0. The number of carbonyl (C=O) groups is 3. The van der Waals surface area contributed by atoms with Gasteiger partial charge in [0.25, 0.3) is 0 Å². The molecule has 11 heteroatoms. The Morgan fingerprint density at radius 3 is 2.57 bits per heavy atom. The normalized spacial score (nSPS) is 17.9. The van der Waals surface area contributed by atoms with E-state index in [0.29, 0.717) is 19.5 Å². The summed E-state index contributed by atoms with van der Waals surface area (Å²) in [4.78, 5) is 40.9. The van der Waals surface area contributed by atoms with Crippen LogP contribution in [0.3, 0.4) is 0 Å². The van der Waals surface area contributed by atoms with Gasteiger partial charge in [0.15, 0.2) is 6.19 Å². The van der Waals surface area contributed by atoms with Crippen LogP contribution in [-0.2, 0) is 23.8 Å². The van der Waals surface area contributed by atoms with Crippen molar-refractivity contribution < 1.29 is 28.6 Å². The number of ether oxygens (including phenoxy) is 3. The number of likely N-dealkylation sites (tertiary alicyclic amines) is 1. The smallest absolute Gasteiger partial charge is 0.408 e. The summed E-state index contributed by atoms with van der Waals surface area (Å²) in [6.45, 7) is 7.10. The number of carbonyl (C=O) groups excluding carboxylic acids is 3. The van der Waals surface area contributed by atoms with Gasteiger partial charge >= 0.3 is 18.0 Å². The van der Waals surface area contributed by atoms with Crippen LogP contribution in [0.2, 0.25) is 0 Å². The molecular weight excluding hydrogens is 370 g/mol. The van der Waals surface area contributed by atoms with Gasteiger partial charge in [-0.2, -0.15) is 5.26 Å². The van der Waals surface area contributed by atoms with Crippen molar-refractivity contribution in [2.24, 2.45) is 4.99 Å². The van der Waals surface area contributed by atoms with Crippen LogP contribution in [0.5, 0.6) is 0 Å². The highest BCUT2D eigenvalue weighted by Crippen LogP contribution is 2.13. The number of guanidine groups is 1. The van der Waals surface area contributed by atoms with E-state index >= 15 is 0 Å². The summed E-state index contributed by atoms with van der Waals surface area (Å²) in [5.41, 5.74) is -0.733. The first-order valence-electron chi connectivity index (χ1n) is 8.74. The standard InChI is InChI=1S/C17H27N5O6/c1-11(23)27-12-6-7-22(9-12)15(20-10-18)19-8-13(14(24)26-5)21-16(25)28-17(2,3)4/h12-13H,6-9H2,1-5H3,(H,19,20)(H,21,25)/t12-,13-/m0/s1. The molecule has 0 radical (unpaired) electrons. The average Bonchev–Trinajstić information content (AvgIpc) is 3.02. The van der Waals surface area contributed by atoms with Crippen molar-refractivity contribution in [3.05, 3.63) is 0 Å². The Morgan fingerprint density at radius 1 is 1.36 bits per heavy atom. The molecule has 0 unspecified atom stereocenters. The average molecular weight is 397 g/mol. The maximum atomic E-state index is 12.0. The van der Waals surface area contributed by atoms with Gasteiger partial charge in [0, 0.05) is 19.9 Å². The molecule has 0 aromatic rings. The Balaban J connectivity index is 2.82.